The van der Waals surface area contributed by atoms with E-state index < -0.39 is 5.97 Å². The summed E-state index contributed by atoms with van der Waals surface area (Å²) in [4.78, 5) is 16.3. The van der Waals surface area contributed by atoms with Crippen molar-refractivity contribution in [1.82, 2.24) is 4.98 Å². The average Bonchev–Trinajstić information content (AvgIpc) is 2.28. The summed E-state index contributed by atoms with van der Waals surface area (Å²) >= 11 is 0. The first-order chi connectivity index (χ1) is 7.54. The second-order valence-corrected chi connectivity index (χ2v) is 3.62. The molecule has 0 bridgehead atoms. The predicted octanol–water partition coefficient (Wildman–Crippen LogP) is 1.38. The lowest BCUT2D eigenvalue weighted by Gasteiger charge is -2.20. The molecule has 1 unspecified atom stereocenters. The lowest BCUT2D eigenvalue weighted by atomic mass is 10.2. The molecule has 0 fully saturated rings. The Morgan fingerprint density at radius 1 is 1.75 bits per heavy atom. The van der Waals surface area contributed by atoms with Gasteiger partial charge in [-0.3, -0.25) is 0 Å². The van der Waals surface area contributed by atoms with Gasteiger partial charge in [0.2, 0.25) is 0 Å². The molecule has 1 heterocycles. The van der Waals surface area contributed by atoms with Gasteiger partial charge in [-0.05, 0) is 19.1 Å². The number of carboxylic acids is 1. The van der Waals surface area contributed by atoms with Gasteiger partial charge < -0.3 is 10.0 Å². The van der Waals surface area contributed by atoms with Crippen LogP contribution in [0.2, 0.25) is 0 Å². The van der Waals surface area contributed by atoms with Crippen LogP contribution in [-0.2, 0) is 0 Å². The van der Waals surface area contributed by atoms with Crippen molar-refractivity contribution in [3.05, 3.63) is 24.0 Å². The van der Waals surface area contributed by atoms with Gasteiger partial charge in [-0.1, -0.05) is 0 Å². The number of pyridine rings is 1. The largest absolute Gasteiger partial charge is 0.477 e. The van der Waals surface area contributed by atoms with Gasteiger partial charge in [-0.2, -0.15) is 5.26 Å². The van der Waals surface area contributed by atoms with Gasteiger partial charge in [0.05, 0.1) is 12.0 Å². The molecular weight excluding hydrogens is 206 g/mol. The minimum atomic E-state index is -1.05. The van der Waals surface area contributed by atoms with Gasteiger partial charge in [0.25, 0.3) is 0 Å². The summed E-state index contributed by atoms with van der Waals surface area (Å²) in [6, 6.07) is 5.34. The molecule has 0 aliphatic rings. The molecule has 1 N–H and O–H groups in total. The molecule has 0 aromatic carbocycles. The van der Waals surface area contributed by atoms with E-state index in [2.05, 4.69) is 11.1 Å². The van der Waals surface area contributed by atoms with E-state index >= 15 is 0 Å². The summed E-state index contributed by atoms with van der Waals surface area (Å²) in [5.41, 5.74) is 0.753. The number of carboxylic acid groups (broad SMARTS) is 1. The lowest BCUT2D eigenvalue weighted by molar-refractivity contribution is 0.0690. The maximum Gasteiger partial charge on any atom is 0.354 e. The summed E-state index contributed by atoms with van der Waals surface area (Å²) in [6.45, 7) is 2.37. The number of rotatable bonds is 4. The fourth-order valence-corrected chi connectivity index (χ4v) is 1.33. The summed E-state index contributed by atoms with van der Waals surface area (Å²) in [7, 11) is 1.81. The average molecular weight is 219 g/mol. The molecule has 0 radical (unpaired) electrons. The molecule has 1 aromatic heterocycles. The van der Waals surface area contributed by atoms with Crippen LogP contribution in [0, 0.1) is 17.2 Å². The molecule has 5 heteroatoms. The van der Waals surface area contributed by atoms with E-state index in [1.807, 2.05) is 18.9 Å². The minimum absolute atomic E-state index is 0.00830. The smallest absolute Gasteiger partial charge is 0.354 e. The van der Waals surface area contributed by atoms with E-state index in [-0.39, 0.29) is 11.6 Å². The van der Waals surface area contributed by atoms with Crippen LogP contribution in [0.3, 0.4) is 0 Å². The first-order valence-electron chi connectivity index (χ1n) is 4.84. The number of hydrogen-bond acceptors (Lipinski definition) is 4. The quantitative estimate of drug-likeness (QED) is 0.827. The van der Waals surface area contributed by atoms with Crippen LogP contribution < -0.4 is 4.90 Å². The zero-order valence-electron chi connectivity index (χ0n) is 9.21. The fraction of sp³-hybridized carbons (Fsp3) is 0.364. The Labute approximate surface area is 93.9 Å². The monoisotopic (exact) mass is 219 g/mol. The molecule has 0 spiro atoms. The molecule has 1 atom stereocenters. The number of anilines is 1. The Hall–Kier alpha value is -2.09. The number of hydrogen-bond donors (Lipinski definition) is 1. The standard InChI is InChI=1S/C11H13N3O2/c1-8(6-12)7-14(2)9-3-4-13-10(5-9)11(15)16/h3-5,8H,7H2,1-2H3,(H,15,16). The molecule has 5 nitrogen and oxygen atoms in total. The van der Waals surface area contributed by atoms with Crippen LogP contribution in [0.25, 0.3) is 0 Å². The normalized spacial score (nSPS) is 11.6. The van der Waals surface area contributed by atoms with Crippen LogP contribution in [0.15, 0.2) is 18.3 Å². The third-order valence-electron chi connectivity index (χ3n) is 2.17. The molecule has 1 aromatic rings. The predicted molar refractivity (Wildman–Crippen MR) is 59.2 cm³/mol. The highest BCUT2D eigenvalue weighted by Gasteiger charge is 2.09. The van der Waals surface area contributed by atoms with Gasteiger partial charge in [0.15, 0.2) is 0 Å². The lowest BCUT2D eigenvalue weighted by Crippen LogP contribution is -2.23. The van der Waals surface area contributed by atoms with Crippen LogP contribution in [0.1, 0.15) is 17.4 Å². The van der Waals surface area contributed by atoms with Crippen molar-refractivity contribution in [1.29, 1.82) is 5.26 Å². The highest BCUT2D eigenvalue weighted by atomic mass is 16.4. The second kappa shape index (κ2) is 5.12. The Balaban J connectivity index is 2.84. The third kappa shape index (κ3) is 2.95. The van der Waals surface area contributed by atoms with Crippen molar-refractivity contribution >= 4 is 11.7 Å². The van der Waals surface area contributed by atoms with Crippen LogP contribution in [-0.4, -0.2) is 29.7 Å². The van der Waals surface area contributed by atoms with Crippen molar-refractivity contribution in [2.45, 2.75) is 6.92 Å². The Morgan fingerprint density at radius 3 is 3.00 bits per heavy atom. The van der Waals surface area contributed by atoms with Crippen LogP contribution in [0.5, 0.6) is 0 Å². The van der Waals surface area contributed by atoms with E-state index in [1.54, 1.807) is 6.07 Å². The number of carbonyl (C=O) groups is 1. The number of nitrogens with zero attached hydrogens (tertiary/aromatic N) is 3. The maximum absolute atomic E-state index is 10.7. The Bertz CT molecular complexity index is 425. The van der Waals surface area contributed by atoms with Gasteiger partial charge in [0, 0.05) is 25.5 Å². The van der Waals surface area contributed by atoms with Crippen LogP contribution in [0.4, 0.5) is 5.69 Å². The second-order valence-electron chi connectivity index (χ2n) is 3.62. The van der Waals surface area contributed by atoms with Gasteiger partial charge in [0.1, 0.15) is 5.69 Å². The van der Waals surface area contributed by atoms with E-state index in [4.69, 9.17) is 10.4 Å². The highest BCUT2D eigenvalue weighted by molar-refractivity contribution is 5.86. The Morgan fingerprint density at radius 2 is 2.44 bits per heavy atom. The van der Waals surface area contributed by atoms with Gasteiger partial charge in [-0.15, -0.1) is 0 Å². The minimum Gasteiger partial charge on any atom is -0.477 e. The number of aromatic nitrogens is 1. The molecule has 1 rings (SSSR count). The Kier molecular flexibility index (Phi) is 3.84. The zero-order valence-corrected chi connectivity index (χ0v) is 9.21. The fourth-order valence-electron chi connectivity index (χ4n) is 1.33. The van der Waals surface area contributed by atoms with Crippen molar-refractivity contribution < 1.29 is 9.90 Å². The molecule has 0 aliphatic carbocycles. The SMILES string of the molecule is CC(C#N)CN(C)c1ccnc(C(=O)O)c1. The van der Waals surface area contributed by atoms with Crippen molar-refractivity contribution in [3.8, 4) is 6.07 Å². The summed E-state index contributed by atoms with van der Waals surface area (Å²) in [5, 5.41) is 17.5. The topological polar surface area (TPSA) is 77.2 Å². The van der Waals surface area contributed by atoms with Gasteiger partial charge >= 0.3 is 5.97 Å². The molecule has 84 valence electrons. The third-order valence-corrected chi connectivity index (χ3v) is 2.17. The van der Waals surface area contributed by atoms with Crippen molar-refractivity contribution in [3.63, 3.8) is 0 Å². The highest BCUT2D eigenvalue weighted by Crippen LogP contribution is 2.14. The van der Waals surface area contributed by atoms with Crippen LogP contribution >= 0.6 is 0 Å². The molecule has 0 amide bonds. The number of nitriles is 1. The van der Waals surface area contributed by atoms with E-state index in [1.165, 1.54) is 12.3 Å². The summed E-state index contributed by atoms with van der Waals surface area (Å²) in [6.07, 6.45) is 1.45. The molecule has 0 saturated carbocycles. The van der Waals surface area contributed by atoms with E-state index in [9.17, 15) is 4.79 Å². The molecule has 16 heavy (non-hydrogen) atoms. The zero-order chi connectivity index (χ0) is 12.1. The summed E-state index contributed by atoms with van der Waals surface area (Å²) < 4.78 is 0. The van der Waals surface area contributed by atoms with Crippen molar-refractivity contribution in [2.75, 3.05) is 18.5 Å². The molecule has 0 saturated heterocycles. The molecular formula is C11H13N3O2. The first-order valence-corrected chi connectivity index (χ1v) is 4.84. The maximum atomic E-state index is 10.7. The molecule has 0 aliphatic heterocycles. The van der Waals surface area contributed by atoms with E-state index in [0.717, 1.165) is 5.69 Å². The van der Waals surface area contributed by atoms with E-state index in [0.29, 0.717) is 6.54 Å². The summed E-state index contributed by atoms with van der Waals surface area (Å²) in [5.74, 6) is -1.16. The van der Waals surface area contributed by atoms with Gasteiger partial charge in [-0.25, -0.2) is 9.78 Å². The first kappa shape index (κ1) is 12.0. The number of aromatic carboxylic acids is 1. The van der Waals surface area contributed by atoms with Crippen molar-refractivity contribution in [2.24, 2.45) is 5.92 Å².